The molecule has 57 heavy (non-hydrogen) atoms. The van der Waals surface area contributed by atoms with E-state index in [0.29, 0.717) is 0 Å². The number of aromatic nitrogens is 3. The Morgan fingerprint density at radius 2 is 0.982 bits per heavy atom. The highest BCUT2D eigenvalue weighted by molar-refractivity contribution is 7.26. The van der Waals surface area contributed by atoms with E-state index in [4.69, 9.17) is 9.97 Å². The summed E-state index contributed by atoms with van der Waals surface area (Å²) in [6.07, 6.45) is 0. The van der Waals surface area contributed by atoms with Crippen LogP contribution in [0.2, 0.25) is 0 Å². The Labute approximate surface area is 336 Å². The summed E-state index contributed by atoms with van der Waals surface area (Å²) in [7, 11) is 0. The third-order valence-electron chi connectivity index (χ3n) is 11.2. The van der Waals surface area contributed by atoms with Crippen LogP contribution in [-0.2, 0) is 0 Å². The van der Waals surface area contributed by atoms with Gasteiger partial charge >= 0.3 is 0 Å². The van der Waals surface area contributed by atoms with Gasteiger partial charge in [-0.3, -0.25) is 4.57 Å². The zero-order valence-electron chi connectivity index (χ0n) is 30.6. The molecule has 0 N–H and O–H groups in total. The summed E-state index contributed by atoms with van der Waals surface area (Å²) >= 11 is 3.69. The fraction of sp³-hybridized carbons (Fsp3) is 0. The van der Waals surface area contributed by atoms with E-state index in [2.05, 4.69) is 187 Å². The van der Waals surface area contributed by atoms with Gasteiger partial charge in [0.1, 0.15) is 5.82 Å². The van der Waals surface area contributed by atoms with Crippen LogP contribution in [0.1, 0.15) is 0 Å². The summed E-state index contributed by atoms with van der Waals surface area (Å²) in [6, 6.07) is 67.8. The molecule has 0 spiro atoms. The van der Waals surface area contributed by atoms with Crippen LogP contribution in [0, 0.1) is 0 Å². The van der Waals surface area contributed by atoms with Crippen LogP contribution in [0.15, 0.2) is 188 Å². The largest absolute Gasteiger partial charge is 0.292 e. The average molecular weight is 762 g/mol. The molecule has 4 aromatic heterocycles. The number of imidazole rings is 1. The van der Waals surface area contributed by atoms with Gasteiger partial charge in [0.25, 0.3) is 0 Å². The molecule has 12 rings (SSSR count). The van der Waals surface area contributed by atoms with Gasteiger partial charge < -0.3 is 0 Å². The smallest absolute Gasteiger partial charge is 0.145 e. The minimum absolute atomic E-state index is 0.930. The Kier molecular flexibility index (Phi) is 7.27. The van der Waals surface area contributed by atoms with Crippen molar-refractivity contribution in [2.45, 2.75) is 0 Å². The number of thiophene rings is 2. The van der Waals surface area contributed by atoms with Crippen LogP contribution in [0.5, 0.6) is 0 Å². The number of pyridine rings is 1. The van der Waals surface area contributed by atoms with Gasteiger partial charge in [0.05, 0.1) is 26.9 Å². The van der Waals surface area contributed by atoms with Gasteiger partial charge in [0.2, 0.25) is 0 Å². The summed E-state index contributed by atoms with van der Waals surface area (Å²) < 4.78 is 7.38. The van der Waals surface area contributed by atoms with Crippen molar-refractivity contribution in [1.29, 1.82) is 0 Å². The summed E-state index contributed by atoms with van der Waals surface area (Å²) in [6.45, 7) is 0. The van der Waals surface area contributed by atoms with Gasteiger partial charge in [0, 0.05) is 57.8 Å². The number of fused-ring (bicyclic) bond motifs is 9. The SMILES string of the molecule is c1ccc(-c2nc3ccccc3n2-c2ccc(-c3cc(-c4ccc5sc6ccccc6c5c4)cc(-c4nc5ccccc5c5c4sc4ccccc45)c3)cc2)cc1. The summed E-state index contributed by atoms with van der Waals surface area (Å²) in [5, 5.41) is 6.34. The Hall–Kier alpha value is -6.92. The van der Waals surface area contributed by atoms with Crippen LogP contribution in [0.4, 0.5) is 0 Å². The second-order valence-corrected chi connectivity index (χ2v) is 16.7. The van der Waals surface area contributed by atoms with E-state index < -0.39 is 0 Å². The van der Waals surface area contributed by atoms with Crippen molar-refractivity contribution in [3.8, 4) is 50.6 Å². The van der Waals surface area contributed by atoms with Crippen LogP contribution in [-0.4, -0.2) is 14.5 Å². The first kappa shape index (κ1) is 32.3. The van der Waals surface area contributed by atoms with E-state index in [9.17, 15) is 0 Å². The molecule has 0 bridgehead atoms. The number of nitrogens with zero attached hydrogens (tertiary/aromatic N) is 3. The first-order valence-electron chi connectivity index (χ1n) is 19.1. The van der Waals surface area contributed by atoms with Crippen molar-refractivity contribution >= 4 is 85.0 Å². The van der Waals surface area contributed by atoms with Crippen LogP contribution < -0.4 is 0 Å². The van der Waals surface area contributed by atoms with E-state index in [1.165, 1.54) is 56.9 Å². The van der Waals surface area contributed by atoms with E-state index in [1.54, 1.807) is 0 Å². The standard InChI is InChI=1S/C52H31N3S2/c1-2-12-33(13-3-1)52-54-44-18-8-9-19-45(44)55(52)38-25-22-32(23-26-38)35-28-36(34-24-27-48-42(31-34)39-14-5-10-20-46(39)56-48)30-37(29-35)50-51-49(40-15-4-7-17-43(40)53-50)41-16-6-11-21-47(41)57-51/h1-31H. The second-order valence-electron chi connectivity index (χ2n) is 14.6. The maximum absolute atomic E-state index is 5.44. The van der Waals surface area contributed by atoms with Gasteiger partial charge in [-0.1, -0.05) is 115 Å². The summed E-state index contributed by atoms with van der Waals surface area (Å²) in [5.74, 6) is 0.930. The van der Waals surface area contributed by atoms with Crippen LogP contribution >= 0.6 is 22.7 Å². The molecule has 8 aromatic carbocycles. The molecule has 0 fully saturated rings. The number of benzene rings is 8. The summed E-state index contributed by atoms with van der Waals surface area (Å²) in [5.41, 5.74) is 12.0. The predicted octanol–water partition coefficient (Wildman–Crippen LogP) is 15.0. The Morgan fingerprint density at radius 1 is 0.368 bits per heavy atom. The molecule has 3 nitrogen and oxygen atoms in total. The number of hydrogen-bond acceptors (Lipinski definition) is 4. The lowest BCUT2D eigenvalue weighted by molar-refractivity contribution is 1.10. The molecule has 0 saturated heterocycles. The summed E-state index contributed by atoms with van der Waals surface area (Å²) in [4.78, 5) is 10.5. The normalized spacial score (nSPS) is 11.9. The van der Waals surface area contributed by atoms with Gasteiger partial charge in [-0.05, 0) is 95.1 Å². The van der Waals surface area contributed by atoms with Crippen molar-refractivity contribution in [2.75, 3.05) is 0 Å². The molecular formula is C52H31N3S2. The molecule has 5 heteroatoms. The lowest BCUT2D eigenvalue weighted by atomic mass is 9.93. The van der Waals surface area contributed by atoms with Crippen molar-refractivity contribution < 1.29 is 0 Å². The molecule has 12 aromatic rings. The second kappa shape index (κ2) is 12.8. The number of hydrogen-bond donors (Lipinski definition) is 0. The molecule has 0 radical (unpaired) electrons. The molecular weight excluding hydrogens is 731 g/mol. The number of rotatable bonds is 5. The van der Waals surface area contributed by atoms with Crippen LogP contribution in [0.25, 0.3) is 113 Å². The van der Waals surface area contributed by atoms with Gasteiger partial charge in [-0.2, -0.15) is 0 Å². The Morgan fingerprint density at radius 3 is 1.81 bits per heavy atom. The van der Waals surface area contributed by atoms with Crippen LogP contribution in [0.3, 0.4) is 0 Å². The molecule has 266 valence electrons. The lowest BCUT2D eigenvalue weighted by Gasteiger charge is -2.14. The Balaban J connectivity index is 1.07. The van der Waals surface area contributed by atoms with Gasteiger partial charge in [-0.25, -0.2) is 9.97 Å². The minimum Gasteiger partial charge on any atom is -0.292 e. The highest BCUT2D eigenvalue weighted by atomic mass is 32.1. The first-order chi connectivity index (χ1) is 28.2. The van der Waals surface area contributed by atoms with Crippen molar-refractivity contribution in [3.05, 3.63) is 188 Å². The number of para-hydroxylation sites is 3. The zero-order chi connectivity index (χ0) is 37.5. The third-order valence-corrected chi connectivity index (χ3v) is 13.5. The van der Waals surface area contributed by atoms with Gasteiger partial charge in [-0.15, -0.1) is 22.7 Å². The average Bonchev–Trinajstić information content (AvgIpc) is 3.98. The van der Waals surface area contributed by atoms with E-state index >= 15 is 0 Å². The molecule has 0 atom stereocenters. The maximum atomic E-state index is 5.44. The fourth-order valence-electron chi connectivity index (χ4n) is 8.50. The fourth-order valence-corrected chi connectivity index (χ4v) is 10.8. The highest BCUT2D eigenvalue weighted by Crippen LogP contribution is 2.45. The topological polar surface area (TPSA) is 30.7 Å². The zero-order valence-corrected chi connectivity index (χ0v) is 32.2. The predicted molar refractivity (Wildman–Crippen MR) is 244 cm³/mol. The third kappa shape index (κ3) is 5.24. The molecule has 4 heterocycles. The van der Waals surface area contributed by atoms with Gasteiger partial charge in [0.15, 0.2) is 0 Å². The molecule has 0 saturated carbocycles. The lowest BCUT2D eigenvalue weighted by Crippen LogP contribution is -1.97. The molecule has 0 unspecified atom stereocenters. The highest BCUT2D eigenvalue weighted by Gasteiger charge is 2.19. The quantitative estimate of drug-likeness (QED) is 0.175. The molecule has 0 aliphatic heterocycles. The monoisotopic (exact) mass is 761 g/mol. The van der Waals surface area contributed by atoms with E-state index in [1.807, 2.05) is 28.7 Å². The minimum atomic E-state index is 0.930. The first-order valence-corrected chi connectivity index (χ1v) is 20.8. The van der Waals surface area contributed by atoms with Crippen molar-refractivity contribution in [1.82, 2.24) is 14.5 Å². The van der Waals surface area contributed by atoms with E-state index in [0.717, 1.165) is 56.0 Å². The van der Waals surface area contributed by atoms with Crippen molar-refractivity contribution in [2.24, 2.45) is 0 Å². The van der Waals surface area contributed by atoms with Crippen molar-refractivity contribution in [3.63, 3.8) is 0 Å². The Bertz CT molecular complexity index is 3520. The molecule has 0 amide bonds. The molecule has 0 aliphatic carbocycles. The van der Waals surface area contributed by atoms with E-state index in [-0.39, 0.29) is 0 Å². The maximum Gasteiger partial charge on any atom is 0.145 e. The molecule has 0 aliphatic rings.